The van der Waals surface area contributed by atoms with Gasteiger partial charge in [0.25, 0.3) is 0 Å². The van der Waals surface area contributed by atoms with Gasteiger partial charge in [0.05, 0.1) is 11.7 Å². The van der Waals surface area contributed by atoms with Crippen LogP contribution in [0.3, 0.4) is 0 Å². The van der Waals surface area contributed by atoms with Crippen molar-refractivity contribution in [1.82, 2.24) is 25.3 Å². The van der Waals surface area contributed by atoms with Crippen molar-refractivity contribution in [3.8, 4) is 0 Å². The van der Waals surface area contributed by atoms with Crippen LogP contribution in [0.1, 0.15) is 56.7 Å². The topological polar surface area (TPSA) is 72.0 Å². The molecule has 6 nitrogen and oxygen atoms in total. The van der Waals surface area contributed by atoms with E-state index in [4.69, 9.17) is 5.84 Å². The number of rotatable bonds is 4. The highest BCUT2D eigenvalue weighted by atomic mass is 79.9. The summed E-state index contributed by atoms with van der Waals surface area (Å²) < 4.78 is 2.65. The summed E-state index contributed by atoms with van der Waals surface area (Å²) in [5.74, 6) is 6.01. The molecule has 7 heteroatoms. The third-order valence-corrected chi connectivity index (χ3v) is 5.82. The Labute approximate surface area is 134 Å². The van der Waals surface area contributed by atoms with Crippen molar-refractivity contribution in [2.24, 2.45) is 12.9 Å². The molecule has 21 heavy (non-hydrogen) atoms. The lowest BCUT2D eigenvalue weighted by Crippen LogP contribution is -2.58. The SMILES string of the molecule is Cn1nnc(Br)c1C(NN)C1(N2CCCCC2)CCCC1. The lowest BCUT2D eigenvalue weighted by atomic mass is 9.83. The van der Waals surface area contributed by atoms with Crippen LogP contribution in [0.5, 0.6) is 0 Å². The number of piperidine rings is 1. The minimum Gasteiger partial charge on any atom is -0.296 e. The second kappa shape index (κ2) is 6.32. The number of aromatic nitrogens is 3. The number of halogens is 1. The van der Waals surface area contributed by atoms with Crippen molar-refractivity contribution < 1.29 is 0 Å². The van der Waals surface area contributed by atoms with Crippen LogP contribution >= 0.6 is 15.9 Å². The van der Waals surface area contributed by atoms with Crippen molar-refractivity contribution in [1.29, 1.82) is 0 Å². The zero-order chi connectivity index (χ0) is 14.9. The van der Waals surface area contributed by atoms with Crippen molar-refractivity contribution in [2.45, 2.75) is 56.5 Å². The minimum absolute atomic E-state index is 0.0625. The molecule has 2 aliphatic rings. The molecule has 2 fully saturated rings. The molecule has 1 atom stereocenters. The number of nitrogens with zero attached hydrogens (tertiary/aromatic N) is 4. The summed E-state index contributed by atoms with van der Waals surface area (Å²) in [6, 6.07) is 0.0625. The van der Waals surface area contributed by atoms with E-state index < -0.39 is 0 Å². The largest absolute Gasteiger partial charge is 0.296 e. The third kappa shape index (κ3) is 2.65. The highest BCUT2D eigenvalue weighted by Gasteiger charge is 2.48. The predicted octanol–water partition coefficient (Wildman–Crippen LogP) is 1.88. The highest BCUT2D eigenvalue weighted by molar-refractivity contribution is 9.10. The van der Waals surface area contributed by atoms with Crippen molar-refractivity contribution >= 4 is 15.9 Å². The highest BCUT2D eigenvalue weighted by Crippen LogP contribution is 2.46. The van der Waals surface area contributed by atoms with Crippen LogP contribution in [0.25, 0.3) is 0 Å². The van der Waals surface area contributed by atoms with Gasteiger partial charge in [-0.3, -0.25) is 10.7 Å². The van der Waals surface area contributed by atoms with Crippen LogP contribution < -0.4 is 11.3 Å². The molecule has 118 valence electrons. The normalized spacial score (nSPS) is 24.3. The average Bonchev–Trinajstić information content (AvgIpc) is 3.12. The molecule has 1 aromatic heterocycles. The van der Waals surface area contributed by atoms with E-state index in [2.05, 4.69) is 36.6 Å². The van der Waals surface area contributed by atoms with Gasteiger partial charge < -0.3 is 0 Å². The van der Waals surface area contributed by atoms with Gasteiger partial charge in [-0.25, -0.2) is 10.1 Å². The average molecular weight is 357 g/mol. The minimum atomic E-state index is 0.0625. The maximum atomic E-state index is 6.01. The molecule has 0 radical (unpaired) electrons. The number of hydrogen-bond acceptors (Lipinski definition) is 5. The van der Waals surface area contributed by atoms with Crippen LogP contribution in [0.2, 0.25) is 0 Å². The van der Waals surface area contributed by atoms with E-state index in [1.165, 1.54) is 58.0 Å². The standard InChI is InChI=1S/C14H25BrN6/c1-20-11(13(15)18-19-20)12(17-16)14(7-3-4-8-14)21-9-5-2-6-10-21/h12,17H,2-10,16H2,1H3. The number of likely N-dealkylation sites (tertiary alicyclic amines) is 1. The molecule has 0 bridgehead atoms. The van der Waals surface area contributed by atoms with Crippen LogP contribution in [0.4, 0.5) is 0 Å². The summed E-state index contributed by atoms with van der Waals surface area (Å²) >= 11 is 3.55. The Morgan fingerprint density at radius 3 is 2.38 bits per heavy atom. The summed E-state index contributed by atoms with van der Waals surface area (Å²) in [4.78, 5) is 2.67. The van der Waals surface area contributed by atoms with E-state index in [1.54, 1.807) is 0 Å². The fourth-order valence-corrected chi connectivity index (χ4v) is 4.80. The van der Waals surface area contributed by atoms with Crippen LogP contribution in [0.15, 0.2) is 4.60 Å². The van der Waals surface area contributed by atoms with E-state index in [9.17, 15) is 0 Å². The Balaban J connectivity index is 1.98. The molecule has 3 rings (SSSR count). The molecule has 1 aliphatic heterocycles. The Morgan fingerprint density at radius 2 is 1.86 bits per heavy atom. The number of nitrogens with one attached hydrogen (secondary N) is 1. The lowest BCUT2D eigenvalue weighted by Gasteiger charge is -2.48. The molecule has 0 aromatic carbocycles. The Morgan fingerprint density at radius 1 is 1.19 bits per heavy atom. The summed E-state index contributed by atoms with van der Waals surface area (Å²) in [6.07, 6.45) is 8.88. The number of aryl methyl sites for hydroxylation is 1. The summed E-state index contributed by atoms with van der Waals surface area (Å²) in [7, 11) is 1.94. The molecular weight excluding hydrogens is 332 g/mol. The maximum absolute atomic E-state index is 6.01. The number of hydrogen-bond donors (Lipinski definition) is 2. The second-order valence-electron chi connectivity index (χ2n) is 6.35. The smallest absolute Gasteiger partial charge is 0.153 e. The van der Waals surface area contributed by atoms with E-state index in [0.717, 1.165) is 10.3 Å². The van der Waals surface area contributed by atoms with Gasteiger partial charge in [-0.05, 0) is 54.7 Å². The first-order valence-electron chi connectivity index (χ1n) is 7.95. The second-order valence-corrected chi connectivity index (χ2v) is 7.10. The summed E-state index contributed by atoms with van der Waals surface area (Å²) in [6.45, 7) is 2.36. The van der Waals surface area contributed by atoms with E-state index >= 15 is 0 Å². The first kappa shape index (κ1) is 15.4. The predicted molar refractivity (Wildman–Crippen MR) is 85.4 cm³/mol. The van der Waals surface area contributed by atoms with Gasteiger partial charge >= 0.3 is 0 Å². The van der Waals surface area contributed by atoms with Crippen LogP contribution in [0, 0.1) is 0 Å². The number of nitrogens with two attached hydrogens (primary N) is 1. The van der Waals surface area contributed by atoms with E-state index in [-0.39, 0.29) is 11.6 Å². The lowest BCUT2D eigenvalue weighted by molar-refractivity contribution is 0.0334. The Bertz CT molecular complexity index is 456. The molecule has 0 spiro atoms. The summed E-state index contributed by atoms with van der Waals surface area (Å²) in [5.41, 5.74) is 4.26. The van der Waals surface area contributed by atoms with Crippen LogP contribution in [-0.4, -0.2) is 38.5 Å². The van der Waals surface area contributed by atoms with Gasteiger partial charge in [-0.1, -0.05) is 24.5 Å². The molecule has 2 heterocycles. The van der Waals surface area contributed by atoms with Gasteiger partial charge in [0.2, 0.25) is 0 Å². The van der Waals surface area contributed by atoms with Gasteiger partial charge in [-0.2, -0.15) is 0 Å². The van der Waals surface area contributed by atoms with Gasteiger partial charge in [0, 0.05) is 12.6 Å². The molecule has 3 N–H and O–H groups in total. The first-order valence-corrected chi connectivity index (χ1v) is 8.74. The third-order valence-electron chi connectivity index (χ3n) is 5.26. The van der Waals surface area contributed by atoms with E-state index in [1.807, 2.05) is 11.7 Å². The first-order chi connectivity index (χ1) is 10.2. The molecule has 1 aliphatic carbocycles. The van der Waals surface area contributed by atoms with Gasteiger partial charge in [0.15, 0.2) is 4.60 Å². The zero-order valence-corrected chi connectivity index (χ0v) is 14.3. The molecule has 1 saturated heterocycles. The molecule has 0 amide bonds. The van der Waals surface area contributed by atoms with Gasteiger partial charge in [0.1, 0.15) is 0 Å². The summed E-state index contributed by atoms with van der Waals surface area (Å²) in [5, 5.41) is 8.29. The quantitative estimate of drug-likeness (QED) is 0.636. The van der Waals surface area contributed by atoms with Crippen molar-refractivity contribution in [3.05, 3.63) is 10.3 Å². The zero-order valence-electron chi connectivity index (χ0n) is 12.7. The molecule has 1 aromatic rings. The van der Waals surface area contributed by atoms with Crippen LogP contribution in [-0.2, 0) is 7.05 Å². The fraction of sp³-hybridized carbons (Fsp3) is 0.857. The fourth-order valence-electron chi connectivity index (χ4n) is 4.25. The van der Waals surface area contributed by atoms with Gasteiger partial charge in [-0.15, -0.1) is 5.10 Å². The molecule has 1 unspecified atom stereocenters. The van der Waals surface area contributed by atoms with Crippen molar-refractivity contribution in [3.63, 3.8) is 0 Å². The van der Waals surface area contributed by atoms with Crippen molar-refractivity contribution in [2.75, 3.05) is 13.1 Å². The monoisotopic (exact) mass is 356 g/mol. The maximum Gasteiger partial charge on any atom is 0.153 e. The van der Waals surface area contributed by atoms with E-state index in [0.29, 0.717) is 0 Å². The molecular formula is C14H25BrN6. The molecule has 1 saturated carbocycles. The Hall–Kier alpha value is -0.500. The number of hydrazine groups is 1. The Kier molecular flexibility index (Phi) is 4.63.